The fourth-order valence-electron chi connectivity index (χ4n) is 1.30. The van der Waals surface area contributed by atoms with Crippen LogP contribution in [0.2, 0.25) is 0 Å². The van der Waals surface area contributed by atoms with Crippen LogP contribution < -0.4 is 0 Å². The maximum atomic E-state index is 10.9. The van der Waals surface area contributed by atoms with Crippen molar-refractivity contribution in [2.24, 2.45) is 0 Å². The normalized spacial score (nSPS) is 10.2. The predicted octanol–water partition coefficient (Wildman–Crippen LogP) is 1.92. The average molecular weight is 237 g/mol. The van der Waals surface area contributed by atoms with Crippen LogP contribution >= 0.6 is 11.3 Å². The number of phenols is 2. The van der Waals surface area contributed by atoms with Crippen LogP contribution in [0.5, 0.6) is 11.5 Å². The van der Waals surface area contributed by atoms with Gasteiger partial charge in [-0.25, -0.2) is 9.78 Å². The van der Waals surface area contributed by atoms with Crippen molar-refractivity contribution >= 4 is 17.3 Å². The van der Waals surface area contributed by atoms with Gasteiger partial charge in [-0.3, -0.25) is 0 Å². The number of hydrogen-bond acceptors (Lipinski definition) is 5. The largest absolute Gasteiger partial charge is 0.504 e. The van der Waals surface area contributed by atoms with Crippen molar-refractivity contribution in [3.05, 3.63) is 29.4 Å². The summed E-state index contributed by atoms with van der Waals surface area (Å²) in [4.78, 5) is 14.9. The van der Waals surface area contributed by atoms with Crippen molar-refractivity contribution in [1.82, 2.24) is 4.98 Å². The second-order valence-corrected chi connectivity index (χ2v) is 3.86. The van der Waals surface area contributed by atoms with Gasteiger partial charge in [0.25, 0.3) is 0 Å². The Kier molecular flexibility index (Phi) is 2.49. The molecule has 2 aromatic rings. The summed E-state index contributed by atoms with van der Waals surface area (Å²) in [7, 11) is 0. The molecular weight excluding hydrogens is 230 g/mol. The maximum absolute atomic E-state index is 10.9. The summed E-state index contributed by atoms with van der Waals surface area (Å²) >= 11 is 1.09. The first-order chi connectivity index (χ1) is 7.61. The molecule has 0 amide bonds. The molecule has 82 valence electrons. The van der Waals surface area contributed by atoms with Gasteiger partial charge in [0.15, 0.2) is 17.2 Å². The minimum atomic E-state index is -1.17. The van der Waals surface area contributed by atoms with Gasteiger partial charge in [-0.2, -0.15) is 0 Å². The molecule has 0 atom stereocenters. The lowest BCUT2D eigenvalue weighted by atomic mass is 10.1. The molecule has 0 fully saturated rings. The van der Waals surface area contributed by atoms with E-state index in [0.29, 0.717) is 4.88 Å². The minimum Gasteiger partial charge on any atom is -0.504 e. The van der Waals surface area contributed by atoms with Gasteiger partial charge < -0.3 is 15.3 Å². The third-order valence-corrected chi connectivity index (χ3v) is 2.89. The number of thiazole rings is 1. The number of aromatic carboxylic acids is 1. The van der Waals surface area contributed by atoms with E-state index in [-0.39, 0.29) is 22.8 Å². The fourth-order valence-corrected chi connectivity index (χ4v) is 2.11. The summed E-state index contributed by atoms with van der Waals surface area (Å²) in [5.41, 5.74) is 1.51. The molecule has 1 aromatic carbocycles. The SMILES string of the molecule is O=C(O)c1ncsc1-c1cccc(O)c1O. The second kappa shape index (κ2) is 3.82. The van der Waals surface area contributed by atoms with Gasteiger partial charge in [-0.1, -0.05) is 6.07 Å². The number of aromatic nitrogens is 1. The molecule has 0 saturated carbocycles. The number of para-hydroxylation sites is 1. The highest BCUT2D eigenvalue weighted by Crippen LogP contribution is 2.39. The summed E-state index contributed by atoms with van der Waals surface area (Å²) < 4.78 is 0. The van der Waals surface area contributed by atoms with Crippen LogP contribution in [-0.4, -0.2) is 26.3 Å². The van der Waals surface area contributed by atoms with E-state index in [4.69, 9.17) is 5.11 Å². The second-order valence-electron chi connectivity index (χ2n) is 3.01. The molecular formula is C10H7NO4S. The predicted molar refractivity (Wildman–Crippen MR) is 57.8 cm³/mol. The van der Waals surface area contributed by atoms with Crippen molar-refractivity contribution in [2.75, 3.05) is 0 Å². The number of phenolic OH excluding ortho intramolecular Hbond substituents is 2. The van der Waals surface area contributed by atoms with Crippen molar-refractivity contribution < 1.29 is 20.1 Å². The van der Waals surface area contributed by atoms with E-state index in [9.17, 15) is 15.0 Å². The lowest BCUT2D eigenvalue weighted by Gasteiger charge is -2.04. The lowest BCUT2D eigenvalue weighted by molar-refractivity contribution is 0.0692. The molecule has 0 saturated heterocycles. The molecule has 5 nitrogen and oxygen atoms in total. The van der Waals surface area contributed by atoms with Crippen LogP contribution in [0.1, 0.15) is 10.5 Å². The Morgan fingerprint density at radius 2 is 2.06 bits per heavy atom. The molecule has 16 heavy (non-hydrogen) atoms. The van der Waals surface area contributed by atoms with Crippen LogP contribution in [0, 0.1) is 0 Å². The molecule has 6 heteroatoms. The lowest BCUT2D eigenvalue weighted by Crippen LogP contribution is -1.98. The standard InChI is InChI=1S/C10H7NO4S/c12-6-3-1-2-5(8(6)13)9-7(10(14)15)11-4-16-9/h1-4,12-13H,(H,14,15). The monoisotopic (exact) mass is 237 g/mol. The van der Waals surface area contributed by atoms with E-state index in [0.717, 1.165) is 11.3 Å². The molecule has 3 N–H and O–H groups in total. The number of hydrogen-bond donors (Lipinski definition) is 3. The van der Waals surface area contributed by atoms with Gasteiger partial charge in [0, 0.05) is 5.56 Å². The highest BCUT2D eigenvalue weighted by atomic mass is 32.1. The van der Waals surface area contributed by atoms with Crippen LogP contribution in [-0.2, 0) is 0 Å². The van der Waals surface area contributed by atoms with Gasteiger partial charge in [-0.05, 0) is 12.1 Å². The molecule has 0 aliphatic carbocycles. The molecule has 1 heterocycles. The Labute approximate surface area is 94.3 Å². The van der Waals surface area contributed by atoms with Crippen LogP contribution in [0.25, 0.3) is 10.4 Å². The summed E-state index contributed by atoms with van der Waals surface area (Å²) in [6.07, 6.45) is 0. The van der Waals surface area contributed by atoms with E-state index in [1.165, 1.54) is 23.7 Å². The molecule has 0 spiro atoms. The Hall–Kier alpha value is -2.08. The number of nitrogens with zero attached hydrogens (tertiary/aromatic N) is 1. The van der Waals surface area contributed by atoms with Crippen LogP contribution in [0.15, 0.2) is 23.7 Å². The summed E-state index contributed by atoms with van der Waals surface area (Å²) in [6.45, 7) is 0. The topological polar surface area (TPSA) is 90.7 Å². The van der Waals surface area contributed by atoms with E-state index in [1.807, 2.05) is 0 Å². The van der Waals surface area contributed by atoms with Crippen molar-refractivity contribution in [3.8, 4) is 21.9 Å². The number of rotatable bonds is 2. The van der Waals surface area contributed by atoms with E-state index in [2.05, 4.69) is 4.98 Å². The number of benzene rings is 1. The van der Waals surface area contributed by atoms with Gasteiger partial charge in [0.1, 0.15) is 0 Å². The zero-order chi connectivity index (χ0) is 11.7. The highest BCUT2D eigenvalue weighted by Gasteiger charge is 2.18. The maximum Gasteiger partial charge on any atom is 0.356 e. The van der Waals surface area contributed by atoms with E-state index >= 15 is 0 Å². The molecule has 0 aliphatic rings. The van der Waals surface area contributed by atoms with Crippen molar-refractivity contribution in [1.29, 1.82) is 0 Å². The summed E-state index contributed by atoms with van der Waals surface area (Å²) in [5.74, 6) is -1.80. The van der Waals surface area contributed by atoms with Gasteiger partial charge in [0.05, 0.1) is 10.4 Å². The molecule has 2 rings (SSSR count). The zero-order valence-corrected chi connectivity index (χ0v) is 8.73. The first-order valence-corrected chi connectivity index (χ1v) is 5.17. The van der Waals surface area contributed by atoms with Crippen molar-refractivity contribution in [3.63, 3.8) is 0 Å². The third kappa shape index (κ3) is 1.59. The molecule has 1 aromatic heterocycles. The van der Waals surface area contributed by atoms with E-state index in [1.54, 1.807) is 0 Å². The number of carboxylic acids is 1. The summed E-state index contributed by atoms with van der Waals surface area (Å²) in [6, 6.07) is 4.37. The minimum absolute atomic E-state index is 0.133. The number of carbonyl (C=O) groups is 1. The smallest absolute Gasteiger partial charge is 0.356 e. The van der Waals surface area contributed by atoms with E-state index < -0.39 is 5.97 Å². The Balaban J connectivity index is 2.63. The zero-order valence-electron chi connectivity index (χ0n) is 7.91. The fraction of sp³-hybridized carbons (Fsp3) is 0. The molecule has 0 bridgehead atoms. The quantitative estimate of drug-likeness (QED) is 0.694. The highest BCUT2D eigenvalue weighted by molar-refractivity contribution is 7.13. The Morgan fingerprint density at radius 3 is 2.75 bits per heavy atom. The van der Waals surface area contributed by atoms with Crippen LogP contribution in [0.4, 0.5) is 0 Å². The number of carboxylic acid groups (broad SMARTS) is 1. The molecule has 0 aliphatic heterocycles. The molecule has 0 radical (unpaired) electrons. The number of aromatic hydroxyl groups is 2. The first-order valence-electron chi connectivity index (χ1n) is 4.29. The van der Waals surface area contributed by atoms with Crippen molar-refractivity contribution in [2.45, 2.75) is 0 Å². The summed E-state index contributed by atoms with van der Waals surface area (Å²) in [5, 5.41) is 27.8. The van der Waals surface area contributed by atoms with Gasteiger partial charge in [-0.15, -0.1) is 11.3 Å². The van der Waals surface area contributed by atoms with Gasteiger partial charge >= 0.3 is 5.97 Å². The Morgan fingerprint density at radius 1 is 1.31 bits per heavy atom. The van der Waals surface area contributed by atoms with Gasteiger partial charge in [0.2, 0.25) is 0 Å². The molecule has 0 unspecified atom stereocenters. The van der Waals surface area contributed by atoms with Crippen LogP contribution in [0.3, 0.4) is 0 Å². The third-order valence-electron chi connectivity index (χ3n) is 2.03. The Bertz CT molecular complexity index is 550. The first kappa shape index (κ1) is 10.4. The average Bonchev–Trinajstić information content (AvgIpc) is 2.70.